The van der Waals surface area contributed by atoms with Crippen molar-refractivity contribution in [1.29, 1.82) is 0 Å². The summed E-state index contributed by atoms with van der Waals surface area (Å²) in [6.07, 6.45) is -0.0475. The highest BCUT2D eigenvalue weighted by Crippen LogP contribution is 2.39. The van der Waals surface area contributed by atoms with Crippen molar-refractivity contribution in [2.75, 3.05) is 30.5 Å². The summed E-state index contributed by atoms with van der Waals surface area (Å²) in [5, 5.41) is 38.3. The van der Waals surface area contributed by atoms with Crippen LogP contribution in [0.4, 0.5) is 28.4 Å². The summed E-state index contributed by atoms with van der Waals surface area (Å²) in [5.74, 6) is -2.04. The zero-order valence-electron chi connectivity index (χ0n) is 25.3. The molecule has 0 fully saturated rings. The molecule has 3 rings (SSSR count). The minimum Gasteiger partial charge on any atom is -0.491 e. The van der Waals surface area contributed by atoms with E-state index in [1.807, 2.05) is 0 Å². The number of carboxylic acids is 1. The van der Waals surface area contributed by atoms with Crippen molar-refractivity contribution in [2.24, 2.45) is 20.5 Å². The van der Waals surface area contributed by atoms with E-state index < -0.39 is 37.7 Å². The van der Waals surface area contributed by atoms with Crippen molar-refractivity contribution in [2.45, 2.75) is 31.6 Å². The van der Waals surface area contributed by atoms with Gasteiger partial charge in [0, 0.05) is 17.0 Å². The number of hydrogen-bond acceptors (Lipinski definition) is 16. The van der Waals surface area contributed by atoms with Crippen molar-refractivity contribution in [3.8, 4) is 11.5 Å². The number of carboxylic acid groups (broad SMARTS) is 1. The number of anilines is 1. The van der Waals surface area contributed by atoms with Gasteiger partial charge in [0.1, 0.15) is 22.9 Å². The Kier molecular flexibility index (Phi) is 13.7. The van der Waals surface area contributed by atoms with E-state index in [-0.39, 0.29) is 65.9 Å². The molecule has 0 unspecified atom stereocenters. The first-order chi connectivity index (χ1) is 22.6. The predicted molar refractivity (Wildman–Crippen MR) is 172 cm³/mol. The fourth-order valence-corrected chi connectivity index (χ4v) is 5.20. The third kappa shape index (κ3) is 12.4. The SMILES string of the molecule is Cc1cc(N)c(OCCCS(=O)(=O)O)cc1N=Nc1cc(C)c(N=Nc2ccc(SOOO)cc2C(=O)O)cc1OCCCS(=O)(=O)O. The summed E-state index contributed by atoms with van der Waals surface area (Å²) in [6, 6.07) is 10.1. The average molecular weight is 730 g/mol. The van der Waals surface area contributed by atoms with Crippen LogP contribution in [0.1, 0.15) is 34.3 Å². The Morgan fingerprint density at radius 3 is 1.85 bits per heavy atom. The molecule has 0 amide bonds. The molecule has 0 aliphatic rings. The highest BCUT2D eigenvalue weighted by Gasteiger charge is 2.15. The van der Waals surface area contributed by atoms with Gasteiger partial charge in [-0.3, -0.25) is 9.11 Å². The molecule has 3 aromatic carbocycles. The third-order valence-corrected chi connectivity index (χ3v) is 8.29. The lowest BCUT2D eigenvalue weighted by Gasteiger charge is -2.12. The number of nitrogen functional groups attached to an aromatic ring is 1. The molecule has 3 aromatic rings. The monoisotopic (exact) mass is 729 g/mol. The molecule has 0 aliphatic heterocycles. The number of azo groups is 2. The molecule has 6 N–H and O–H groups in total. The number of carbonyl (C=O) groups is 1. The smallest absolute Gasteiger partial charge is 0.338 e. The highest BCUT2D eigenvalue weighted by molar-refractivity contribution is 7.94. The summed E-state index contributed by atoms with van der Waals surface area (Å²) in [5.41, 5.74) is 7.98. The number of benzene rings is 3. The van der Waals surface area contributed by atoms with Gasteiger partial charge in [0.05, 0.1) is 59.4 Å². The Balaban J connectivity index is 1.94. The second kappa shape index (κ2) is 17.3. The standard InChI is InChI=1S/C27H31N5O13S3/c1-16-11-20(28)25(42-7-3-9-47(36,37)38)14-22(16)31-32-24-12-17(2)23(15-26(24)43-8-4-10-48(39,40)41)30-29-21-6-5-18(46-45-44-35)13-19(21)27(33)34/h5-6,11-15,35H,3-4,7-10,28H2,1-2H3,(H,33,34)(H,36,37,38)(H,39,40,41). The normalized spacial score (nSPS) is 12.2. The van der Waals surface area contributed by atoms with Crippen LogP contribution in [0.25, 0.3) is 0 Å². The maximum atomic E-state index is 11.8. The second-order valence-electron chi connectivity index (χ2n) is 9.87. The van der Waals surface area contributed by atoms with E-state index in [1.165, 1.54) is 30.3 Å². The number of rotatable bonds is 18. The first kappa shape index (κ1) is 38.2. The van der Waals surface area contributed by atoms with Gasteiger partial charge in [0.2, 0.25) is 0 Å². The number of aromatic carboxylic acids is 1. The zero-order valence-corrected chi connectivity index (χ0v) is 27.8. The molecule has 260 valence electrons. The predicted octanol–water partition coefficient (Wildman–Crippen LogP) is 6.16. The number of nitrogens with zero attached hydrogens (tertiary/aromatic N) is 4. The van der Waals surface area contributed by atoms with E-state index in [1.54, 1.807) is 26.0 Å². The summed E-state index contributed by atoms with van der Waals surface area (Å²) >= 11 is 0.564. The van der Waals surface area contributed by atoms with Crippen LogP contribution < -0.4 is 15.2 Å². The van der Waals surface area contributed by atoms with E-state index in [0.29, 0.717) is 33.8 Å². The van der Waals surface area contributed by atoms with Crippen molar-refractivity contribution in [1.82, 2.24) is 0 Å². The minimum absolute atomic E-state index is 0.00890. The Labute approximate surface area is 279 Å². The summed E-state index contributed by atoms with van der Waals surface area (Å²) in [4.78, 5) is 12.1. The second-order valence-corrected chi connectivity index (χ2v) is 13.8. The molecule has 0 spiro atoms. The van der Waals surface area contributed by atoms with E-state index in [9.17, 15) is 26.7 Å². The van der Waals surface area contributed by atoms with Crippen molar-refractivity contribution < 1.29 is 59.9 Å². The first-order valence-electron chi connectivity index (χ1n) is 13.6. The molecule has 0 bridgehead atoms. The lowest BCUT2D eigenvalue weighted by molar-refractivity contribution is -0.432. The van der Waals surface area contributed by atoms with Gasteiger partial charge in [-0.15, -0.1) is 14.6 Å². The van der Waals surface area contributed by atoms with Gasteiger partial charge in [-0.2, -0.15) is 27.1 Å². The van der Waals surface area contributed by atoms with Crippen molar-refractivity contribution >= 4 is 66.7 Å². The van der Waals surface area contributed by atoms with Gasteiger partial charge in [-0.25, -0.2) is 10.1 Å². The fourth-order valence-electron chi connectivity index (χ4n) is 3.84. The molecule has 21 heteroatoms. The molecule has 0 saturated heterocycles. The van der Waals surface area contributed by atoms with Gasteiger partial charge in [-0.1, -0.05) is 5.04 Å². The molecule has 0 radical (unpaired) electrons. The van der Waals surface area contributed by atoms with Gasteiger partial charge in [-0.05, 0) is 68.1 Å². The molecular formula is C27H31N5O13S3. The van der Waals surface area contributed by atoms with Gasteiger partial charge in [0.15, 0.2) is 0 Å². The first-order valence-corrected chi connectivity index (χ1v) is 17.6. The summed E-state index contributed by atoms with van der Waals surface area (Å²) < 4.78 is 77.9. The van der Waals surface area contributed by atoms with Crippen LogP contribution in [0, 0.1) is 13.8 Å². The quantitative estimate of drug-likeness (QED) is 0.0186. The molecule has 0 heterocycles. The average Bonchev–Trinajstić information content (AvgIpc) is 2.99. The molecule has 0 aliphatic carbocycles. The molecule has 0 saturated carbocycles. The van der Waals surface area contributed by atoms with E-state index in [4.69, 9.17) is 29.6 Å². The molecule has 0 atom stereocenters. The van der Waals surface area contributed by atoms with Crippen LogP contribution in [0.2, 0.25) is 0 Å². The van der Waals surface area contributed by atoms with E-state index >= 15 is 0 Å². The highest BCUT2D eigenvalue weighted by atomic mass is 32.2. The number of hydrogen-bond donors (Lipinski definition) is 5. The lowest BCUT2D eigenvalue weighted by atomic mass is 10.1. The topological polar surface area (TPSA) is 279 Å². The third-order valence-electron chi connectivity index (χ3n) is 6.10. The lowest BCUT2D eigenvalue weighted by Crippen LogP contribution is -2.09. The van der Waals surface area contributed by atoms with Gasteiger partial charge < -0.3 is 20.3 Å². The number of nitrogens with two attached hydrogens (primary N) is 1. The van der Waals surface area contributed by atoms with Gasteiger partial charge in [0.25, 0.3) is 20.2 Å². The van der Waals surface area contributed by atoms with Crippen LogP contribution in [0.5, 0.6) is 11.5 Å². The zero-order chi connectivity index (χ0) is 35.5. The van der Waals surface area contributed by atoms with Crippen LogP contribution in [0.15, 0.2) is 67.8 Å². The largest absolute Gasteiger partial charge is 0.491 e. The fraction of sp³-hybridized carbons (Fsp3) is 0.296. The molecular weight excluding hydrogens is 699 g/mol. The van der Waals surface area contributed by atoms with Crippen LogP contribution in [0.3, 0.4) is 0 Å². The van der Waals surface area contributed by atoms with E-state index in [2.05, 4.69) is 29.8 Å². The minimum atomic E-state index is -4.23. The van der Waals surface area contributed by atoms with E-state index in [0.717, 1.165) is 0 Å². The number of ether oxygens (including phenoxy) is 2. The molecule has 48 heavy (non-hydrogen) atoms. The van der Waals surface area contributed by atoms with Gasteiger partial charge >= 0.3 is 5.97 Å². The Hall–Kier alpha value is -4.22. The maximum Gasteiger partial charge on any atom is 0.338 e. The molecule has 0 aromatic heterocycles. The number of aryl methyl sites for hydroxylation is 2. The maximum absolute atomic E-state index is 11.8. The molecule has 18 nitrogen and oxygen atoms in total. The summed E-state index contributed by atoms with van der Waals surface area (Å²) in [6.45, 7) is 3.20. The van der Waals surface area contributed by atoms with Crippen LogP contribution >= 0.6 is 12.0 Å². The Bertz CT molecular complexity index is 1900. The van der Waals surface area contributed by atoms with Crippen LogP contribution in [-0.2, 0) is 29.6 Å². The Morgan fingerprint density at radius 2 is 1.29 bits per heavy atom. The van der Waals surface area contributed by atoms with Crippen molar-refractivity contribution in [3.63, 3.8) is 0 Å². The Morgan fingerprint density at radius 1 is 0.771 bits per heavy atom. The van der Waals surface area contributed by atoms with Crippen LogP contribution in [-0.4, -0.2) is 67.0 Å². The summed E-state index contributed by atoms with van der Waals surface area (Å²) in [7, 11) is -8.38. The van der Waals surface area contributed by atoms with Crippen molar-refractivity contribution in [3.05, 3.63) is 59.2 Å².